The van der Waals surface area contributed by atoms with E-state index in [1.165, 1.54) is 0 Å². The molecule has 0 saturated carbocycles. The highest BCUT2D eigenvalue weighted by Gasteiger charge is 2.37. The van der Waals surface area contributed by atoms with Crippen molar-refractivity contribution in [3.8, 4) is 0 Å². The Bertz CT molecular complexity index is 145. The fourth-order valence-corrected chi connectivity index (χ4v) is 1.65. The van der Waals surface area contributed by atoms with E-state index in [2.05, 4.69) is 6.92 Å². The van der Waals surface area contributed by atoms with Gasteiger partial charge < -0.3 is 5.73 Å². The maximum Gasteiger partial charge on any atom is 0.391 e. The lowest BCUT2D eigenvalue weighted by Gasteiger charge is -2.19. The van der Waals surface area contributed by atoms with Crippen LogP contribution < -0.4 is 5.73 Å². The van der Waals surface area contributed by atoms with Gasteiger partial charge in [0, 0.05) is 0 Å². The van der Waals surface area contributed by atoms with Crippen molar-refractivity contribution < 1.29 is 13.2 Å². The lowest BCUT2D eigenvalue weighted by molar-refractivity contribution is -0.178. The van der Waals surface area contributed by atoms with E-state index < -0.39 is 12.1 Å². The first kappa shape index (κ1) is 14.8. The maximum atomic E-state index is 12.5. The highest BCUT2D eigenvalue weighted by Crippen LogP contribution is 2.33. The predicted octanol–water partition coefficient (Wildman–Crippen LogP) is 3.87. The van der Waals surface area contributed by atoms with Crippen molar-refractivity contribution in [1.29, 1.82) is 0 Å². The zero-order chi connectivity index (χ0) is 11.7. The van der Waals surface area contributed by atoms with Crippen LogP contribution in [0.4, 0.5) is 13.2 Å². The van der Waals surface area contributed by atoms with Crippen LogP contribution in [0.15, 0.2) is 0 Å². The fourth-order valence-electron chi connectivity index (χ4n) is 1.65. The second-order valence-electron chi connectivity index (χ2n) is 4.02. The standard InChI is InChI=1S/C11H22F3N/c1-2-3-4-5-7-10(8-6-9-15)11(12,13)14/h10H,2-9,15H2,1H3. The van der Waals surface area contributed by atoms with E-state index in [0.717, 1.165) is 19.3 Å². The Balaban J connectivity index is 3.81. The van der Waals surface area contributed by atoms with E-state index >= 15 is 0 Å². The zero-order valence-corrected chi connectivity index (χ0v) is 9.45. The number of rotatable bonds is 8. The summed E-state index contributed by atoms with van der Waals surface area (Å²) in [5.41, 5.74) is 5.23. The van der Waals surface area contributed by atoms with Gasteiger partial charge >= 0.3 is 6.18 Å². The van der Waals surface area contributed by atoms with Crippen molar-refractivity contribution >= 4 is 0 Å². The molecule has 1 nitrogen and oxygen atoms in total. The first-order chi connectivity index (χ1) is 7.02. The third kappa shape index (κ3) is 7.65. The average molecular weight is 225 g/mol. The summed E-state index contributed by atoms with van der Waals surface area (Å²) in [6.07, 6.45) is 0.560. The van der Waals surface area contributed by atoms with Crippen LogP contribution >= 0.6 is 0 Å². The van der Waals surface area contributed by atoms with E-state index in [4.69, 9.17) is 5.73 Å². The van der Waals surface area contributed by atoms with Gasteiger partial charge in [0.05, 0.1) is 5.92 Å². The Kier molecular flexibility index (Phi) is 7.83. The molecule has 0 spiro atoms. The highest BCUT2D eigenvalue weighted by molar-refractivity contribution is 4.68. The van der Waals surface area contributed by atoms with Crippen molar-refractivity contribution in [1.82, 2.24) is 0 Å². The smallest absolute Gasteiger partial charge is 0.330 e. The third-order valence-electron chi connectivity index (χ3n) is 2.63. The second-order valence-corrected chi connectivity index (χ2v) is 4.02. The number of nitrogens with two attached hydrogens (primary N) is 1. The van der Waals surface area contributed by atoms with Crippen LogP contribution in [0.2, 0.25) is 0 Å². The van der Waals surface area contributed by atoms with Crippen molar-refractivity contribution in [2.45, 2.75) is 58.0 Å². The molecule has 0 amide bonds. The zero-order valence-electron chi connectivity index (χ0n) is 9.45. The van der Waals surface area contributed by atoms with Crippen LogP contribution in [0.3, 0.4) is 0 Å². The predicted molar refractivity (Wildman–Crippen MR) is 56.6 cm³/mol. The molecule has 0 aliphatic rings. The quantitative estimate of drug-likeness (QED) is 0.623. The highest BCUT2D eigenvalue weighted by atomic mass is 19.4. The molecular formula is C11H22F3N. The number of hydrogen-bond acceptors (Lipinski definition) is 1. The first-order valence-electron chi connectivity index (χ1n) is 5.79. The summed E-state index contributed by atoms with van der Waals surface area (Å²) in [5.74, 6) is -1.14. The van der Waals surface area contributed by atoms with Crippen molar-refractivity contribution in [3.63, 3.8) is 0 Å². The van der Waals surface area contributed by atoms with Gasteiger partial charge in [-0.1, -0.05) is 32.6 Å². The van der Waals surface area contributed by atoms with E-state index in [1.807, 2.05) is 0 Å². The minimum Gasteiger partial charge on any atom is -0.330 e. The van der Waals surface area contributed by atoms with Gasteiger partial charge in [0.15, 0.2) is 0 Å². The molecule has 92 valence electrons. The number of unbranched alkanes of at least 4 members (excludes halogenated alkanes) is 3. The molecule has 1 atom stereocenters. The Hall–Kier alpha value is -0.250. The molecule has 0 aliphatic heterocycles. The average Bonchev–Trinajstić information content (AvgIpc) is 2.15. The summed E-state index contributed by atoms with van der Waals surface area (Å²) in [6.45, 7) is 2.40. The summed E-state index contributed by atoms with van der Waals surface area (Å²) in [5, 5.41) is 0. The third-order valence-corrected chi connectivity index (χ3v) is 2.63. The summed E-state index contributed by atoms with van der Waals surface area (Å²) < 4.78 is 37.5. The van der Waals surface area contributed by atoms with Gasteiger partial charge in [-0.3, -0.25) is 0 Å². The molecule has 0 aliphatic carbocycles. The summed E-state index contributed by atoms with van der Waals surface area (Å²) in [4.78, 5) is 0. The molecule has 0 aromatic carbocycles. The summed E-state index contributed by atoms with van der Waals surface area (Å²) in [6, 6.07) is 0. The van der Waals surface area contributed by atoms with Crippen molar-refractivity contribution in [2.75, 3.05) is 6.54 Å². The maximum absolute atomic E-state index is 12.5. The molecule has 0 rings (SSSR count). The first-order valence-corrected chi connectivity index (χ1v) is 5.79. The number of alkyl halides is 3. The van der Waals surface area contributed by atoms with Crippen molar-refractivity contribution in [3.05, 3.63) is 0 Å². The second kappa shape index (κ2) is 7.97. The number of hydrogen-bond donors (Lipinski definition) is 1. The van der Waals surface area contributed by atoms with E-state index in [9.17, 15) is 13.2 Å². The molecule has 4 heteroatoms. The topological polar surface area (TPSA) is 26.0 Å². The van der Waals surface area contributed by atoms with Crippen LogP contribution in [-0.2, 0) is 0 Å². The van der Waals surface area contributed by atoms with E-state index in [-0.39, 0.29) is 12.8 Å². The van der Waals surface area contributed by atoms with Crippen LogP contribution in [0.5, 0.6) is 0 Å². The molecule has 0 fully saturated rings. The molecule has 0 saturated heterocycles. The van der Waals surface area contributed by atoms with Gasteiger partial charge in [-0.2, -0.15) is 13.2 Å². The molecule has 1 unspecified atom stereocenters. The molecule has 0 bridgehead atoms. The van der Waals surface area contributed by atoms with E-state index in [1.54, 1.807) is 0 Å². The monoisotopic (exact) mass is 225 g/mol. The van der Waals surface area contributed by atoms with Gasteiger partial charge in [0.25, 0.3) is 0 Å². The normalized spacial score (nSPS) is 14.2. The fraction of sp³-hybridized carbons (Fsp3) is 1.00. The number of halogens is 3. The Morgan fingerprint density at radius 2 is 1.60 bits per heavy atom. The molecule has 15 heavy (non-hydrogen) atoms. The van der Waals surface area contributed by atoms with Crippen LogP contribution in [0.1, 0.15) is 51.9 Å². The lowest BCUT2D eigenvalue weighted by Crippen LogP contribution is -2.23. The lowest BCUT2D eigenvalue weighted by atomic mass is 9.95. The Morgan fingerprint density at radius 3 is 2.07 bits per heavy atom. The molecule has 0 radical (unpaired) electrons. The van der Waals surface area contributed by atoms with Gasteiger partial charge in [0.2, 0.25) is 0 Å². The minimum absolute atomic E-state index is 0.187. The van der Waals surface area contributed by atoms with Crippen LogP contribution in [0, 0.1) is 5.92 Å². The van der Waals surface area contributed by atoms with Crippen LogP contribution in [0.25, 0.3) is 0 Å². The van der Waals surface area contributed by atoms with Gasteiger partial charge in [0.1, 0.15) is 0 Å². The molecule has 0 heterocycles. The molecule has 0 aromatic heterocycles. The van der Waals surface area contributed by atoms with Crippen LogP contribution in [-0.4, -0.2) is 12.7 Å². The van der Waals surface area contributed by atoms with Crippen molar-refractivity contribution in [2.24, 2.45) is 11.7 Å². The minimum atomic E-state index is -4.04. The van der Waals surface area contributed by atoms with Gasteiger partial charge in [-0.05, 0) is 25.8 Å². The summed E-state index contributed by atoms with van der Waals surface area (Å²) in [7, 11) is 0. The van der Waals surface area contributed by atoms with Gasteiger partial charge in [-0.15, -0.1) is 0 Å². The summed E-state index contributed by atoms with van der Waals surface area (Å²) >= 11 is 0. The molecule has 2 N–H and O–H groups in total. The van der Waals surface area contributed by atoms with E-state index in [0.29, 0.717) is 19.4 Å². The Labute approximate surface area is 90.2 Å². The molecular weight excluding hydrogens is 203 g/mol. The Morgan fingerprint density at radius 1 is 1.00 bits per heavy atom. The largest absolute Gasteiger partial charge is 0.391 e. The molecule has 0 aromatic rings. The SMILES string of the molecule is CCCCCCC(CCCN)C(F)(F)F. The van der Waals surface area contributed by atoms with Gasteiger partial charge in [-0.25, -0.2) is 0 Å².